The zero-order valence-electron chi connectivity index (χ0n) is 19.1. The van der Waals surface area contributed by atoms with Crippen molar-refractivity contribution in [2.24, 2.45) is 11.8 Å². The summed E-state index contributed by atoms with van der Waals surface area (Å²) in [5.74, 6) is 1.22. The van der Waals surface area contributed by atoms with Crippen LogP contribution in [0.5, 0.6) is 5.75 Å². The number of rotatable bonds is 4. The number of aromatic hydroxyl groups is 1. The molecule has 2 saturated heterocycles. The highest BCUT2D eigenvalue weighted by Crippen LogP contribution is 2.62. The summed E-state index contributed by atoms with van der Waals surface area (Å²) in [6.45, 7) is 2.54. The second-order valence-electron chi connectivity index (χ2n) is 11.8. The number of likely N-dealkylation sites (tertiary alicyclic amines) is 1. The number of piperidine rings is 1. The predicted octanol–water partition coefficient (Wildman–Crippen LogP) is 2.29. The number of nitrogens with one attached hydrogen (secondary N) is 1. The first kappa shape index (κ1) is 20.3. The third kappa shape index (κ3) is 2.69. The lowest BCUT2D eigenvalue weighted by Crippen LogP contribution is -2.76. The highest BCUT2D eigenvalue weighted by molar-refractivity contribution is 6.07. The molecule has 3 N–H and O–H groups in total. The maximum Gasteiger partial charge on any atom is 0.325 e. The van der Waals surface area contributed by atoms with E-state index in [9.17, 15) is 19.8 Å². The van der Waals surface area contributed by atoms with Gasteiger partial charge in [-0.25, -0.2) is 4.79 Å². The molecule has 5 fully saturated rings. The molecule has 1 aromatic carbocycles. The molecule has 0 radical (unpaired) electrons. The van der Waals surface area contributed by atoms with E-state index in [4.69, 9.17) is 0 Å². The number of carbonyl (C=O) groups excluding carboxylic acids is 2. The van der Waals surface area contributed by atoms with Crippen LogP contribution >= 0.6 is 0 Å². The van der Waals surface area contributed by atoms with Gasteiger partial charge in [0.25, 0.3) is 5.91 Å². The van der Waals surface area contributed by atoms with Crippen molar-refractivity contribution in [3.05, 3.63) is 29.3 Å². The van der Waals surface area contributed by atoms with Gasteiger partial charge in [-0.2, -0.15) is 0 Å². The average molecular weight is 452 g/mol. The molecule has 2 heterocycles. The molecule has 1 spiro atoms. The Bertz CT molecular complexity index is 1050. The van der Waals surface area contributed by atoms with Crippen LogP contribution in [-0.2, 0) is 16.6 Å². The van der Waals surface area contributed by atoms with Gasteiger partial charge in [-0.3, -0.25) is 15.0 Å². The van der Waals surface area contributed by atoms with Gasteiger partial charge in [0, 0.05) is 24.5 Å². The van der Waals surface area contributed by atoms with E-state index in [0.29, 0.717) is 31.7 Å². The third-order valence-electron chi connectivity index (χ3n) is 9.92. The Kier molecular flexibility index (Phi) is 4.00. The standard InChI is InChI=1S/C26H33N3O4/c30-19-6-5-18-11-21-26(33)8-7-25(22(31)27-23(32)29(25)14-17-3-4-17)15-24(26,20(18)12-19)9-10-28(21)13-16-1-2-16/h5-6,12,16-17,21,30,33H,1-4,7-11,13-15H2,(H,27,31,32). The van der Waals surface area contributed by atoms with Crippen molar-refractivity contribution in [2.75, 3.05) is 19.6 Å². The van der Waals surface area contributed by atoms with E-state index >= 15 is 0 Å². The van der Waals surface area contributed by atoms with E-state index in [2.05, 4.69) is 10.2 Å². The quantitative estimate of drug-likeness (QED) is 0.611. The van der Waals surface area contributed by atoms with Crippen LogP contribution in [-0.4, -0.2) is 68.8 Å². The number of amides is 3. The molecule has 7 rings (SSSR count). The monoisotopic (exact) mass is 451 g/mol. The molecular weight excluding hydrogens is 418 g/mol. The first-order valence-corrected chi connectivity index (χ1v) is 12.8. The second kappa shape index (κ2) is 6.51. The Hall–Kier alpha value is -2.12. The molecule has 4 aliphatic carbocycles. The zero-order chi connectivity index (χ0) is 22.6. The molecule has 33 heavy (non-hydrogen) atoms. The molecule has 2 aliphatic heterocycles. The summed E-state index contributed by atoms with van der Waals surface area (Å²) in [6.07, 6.45) is 7.71. The van der Waals surface area contributed by atoms with Crippen molar-refractivity contribution in [2.45, 2.75) is 80.4 Å². The van der Waals surface area contributed by atoms with Gasteiger partial charge in [-0.1, -0.05) is 6.07 Å². The van der Waals surface area contributed by atoms with Crippen molar-refractivity contribution in [1.82, 2.24) is 15.1 Å². The van der Waals surface area contributed by atoms with Crippen LogP contribution in [0.3, 0.4) is 0 Å². The number of benzene rings is 1. The van der Waals surface area contributed by atoms with Crippen LogP contribution in [0.1, 0.15) is 62.5 Å². The van der Waals surface area contributed by atoms with Gasteiger partial charge in [0.05, 0.1) is 5.60 Å². The Morgan fingerprint density at radius 1 is 1.03 bits per heavy atom. The highest BCUT2D eigenvalue weighted by atomic mass is 16.3. The normalized spacial score (nSPS) is 40.0. The van der Waals surface area contributed by atoms with Gasteiger partial charge in [-0.15, -0.1) is 0 Å². The SMILES string of the molecule is O=C1NC(=O)C2(CCC3(O)C4Cc5ccc(O)cc5C3(CCN4CC3CC3)C2)N1CC1CC1. The summed E-state index contributed by atoms with van der Waals surface area (Å²) in [5.41, 5.74) is -0.367. The zero-order valence-corrected chi connectivity index (χ0v) is 19.1. The minimum absolute atomic E-state index is 0.0123. The molecule has 2 bridgehead atoms. The number of carbonyl (C=O) groups is 2. The van der Waals surface area contributed by atoms with E-state index in [-0.39, 0.29) is 23.7 Å². The topological polar surface area (TPSA) is 93.1 Å². The lowest BCUT2D eigenvalue weighted by Gasteiger charge is -2.66. The number of phenols is 1. The van der Waals surface area contributed by atoms with Crippen molar-refractivity contribution in [1.29, 1.82) is 0 Å². The molecule has 4 atom stereocenters. The Morgan fingerprint density at radius 3 is 2.55 bits per heavy atom. The minimum Gasteiger partial charge on any atom is -0.508 e. The van der Waals surface area contributed by atoms with Crippen LogP contribution < -0.4 is 5.32 Å². The number of nitrogens with zero attached hydrogens (tertiary/aromatic N) is 2. The number of imide groups is 1. The van der Waals surface area contributed by atoms with Crippen molar-refractivity contribution in [3.8, 4) is 5.75 Å². The van der Waals surface area contributed by atoms with Crippen molar-refractivity contribution >= 4 is 11.9 Å². The molecule has 1 aromatic rings. The number of urea groups is 1. The van der Waals surface area contributed by atoms with Crippen LogP contribution in [0.2, 0.25) is 0 Å². The molecule has 7 nitrogen and oxygen atoms in total. The van der Waals surface area contributed by atoms with Gasteiger partial charge < -0.3 is 15.1 Å². The average Bonchev–Trinajstić information content (AvgIpc) is 3.70. The summed E-state index contributed by atoms with van der Waals surface area (Å²) in [4.78, 5) is 30.6. The van der Waals surface area contributed by atoms with Gasteiger partial charge in [0.15, 0.2) is 0 Å². The largest absolute Gasteiger partial charge is 0.508 e. The fraction of sp³-hybridized carbons (Fsp3) is 0.692. The van der Waals surface area contributed by atoms with Crippen LogP contribution in [0.4, 0.5) is 4.79 Å². The molecular formula is C26H33N3O4. The summed E-state index contributed by atoms with van der Waals surface area (Å²) >= 11 is 0. The smallest absolute Gasteiger partial charge is 0.325 e. The molecule has 7 heteroatoms. The number of phenolic OH excluding ortho intramolecular Hbond substituents is 1. The molecule has 3 amide bonds. The first-order valence-electron chi connectivity index (χ1n) is 12.8. The van der Waals surface area contributed by atoms with E-state index in [1.807, 2.05) is 17.0 Å². The number of fused-ring (bicyclic) bond motifs is 1. The molecule has 4 unspecified atom stereocenters. The number of aliphatic hydroxyl groups is 1. The van der Waals surface area contributed by atoms with Crippen molar-refractivity contribution < 1.29 is 19.8 Å². The van der Waals surface area contributed by atoms with Gasteiger partial charge in [0.2, 0.25) is 0 Å². The molecule has 0 aromatic heterocycles. The van der Waals surface area contributed by atoms with Crippen LogP contribution in [0.15, 0.2) is 18.2 Å². The second-order valence-corrected chi connectivity index (χ2v) is 11.8. The maximum absolute atomic E-state index is 13.4. The fourth-order valence-corrected chi connectivity index (χ4v) is 7.81. The van der Waals surface area contributed by atoms with Gasteiger partial charge >= 0.3 is 6.03 Å². The van der Waals surface area contributed by atoms with Crippen LogP contribution in [0.25, 0.3) is 0 Å². The summed E-state index contributed by atoms with van der Waals surface area (Å²) in [5, 5.41) is 25.6. The third-order valence-corrected chi connectivity index (χ3v) is 9.92. The van der Waals surface area contributed by atoms with Gasteiger partial charge in [0.1, 0.15) is 11.3 Å². The highest BCUT2D eigenvalue weighted by Gasteiger charge is 2.71. The Morgan fingerprint density at radius 2 is 1.79 bits per heavy atom. The number of hydrogen-bond acceptors (Lipinski definition) is 5. The Labute approximate surface area is 194 Å². The predicted molar refractivity (Wildman–Crippen MR) is 121 cm³/mol. The minimum atomic E-state index is -0.969. The molecule has 6 aliphatic rings. The Balaban J connectivity index is 1.36. The molecule has 3 saturated carbocycles. The summed E-state index contributed by atoms with van der Waals surface area (Å²) in [6, 6.07) is 5.31. The fourth-order valence-electron chi connectivity index (χ4n) is 7.81. The summed E-state index contributed by atoms with van der Waals surface area (Å²) < 4.78 is 0. The van der Waals surface area contributed by atoms with E-state index in [0.717, 1.165) is 50.3 Å². The van der Waals surface area contributed by atoms with E-state index in [1.165, 1.54) is 18.4 Å². The first-order chi connectivity index (χ1) is 15.8. The maximum atomic E-state index is 13.4. The van der Waals surface area contributed by atoms with Gasteiger partial charge in [-0.05, 0) is 99.4 Å². The number of hydrogen-bond donors (Lipinski definition) is 3. The lowest BCUT2D eigenvalue weighted by molar-refractivity contribution is -0.188. The van der Waals surface area contributed by atoms with E-state index in [1.54, 1.807) is 6.07 Å². The molecule has 176 valence electrons. The van der Waals surface area contributed by atoms with Crippen LogP contribution in [0, 0.1) is 11.8 Å². The summed E-state index contributed by atoms with van der Waals surface area (Å²) in [7, 11) is 0. The van der Waals surface area contributed by atoms with E-state index < -0.39 is 16.6 Å². The van der Waals surface area contributed by atoms with Crippen molar-refractivity contribution in [3.63, 3.8) is 0 Å². The lowest BCUT2D eigenvalue weighted by atomic mass is 9.46.